The number of carbonyl (C=O) groups is 2. The van der Waals surface area contributed by atoms with Gasteiger partial charge in [-0.1, -0.05) is 19.1 Å². The van der Waals surface area contributed by atoms with E-state index >= 15 is 0 Å². The number of nitrogens with zero attached hydrogens (tertiary/aromatic N) is 1. The van der Waals surface area contributed by atoms with Gasteiger partial charge in [0.2, 0.25) is 0 Å². The van der Waals surface area contributed by atoms with E-state index in [1.54, 1.807) is 6.92 Å². The van der Waals surface area contributed by atoms with Gasteiger partial charge in [0.1, 0.15) is 5.75 Å². The second-order valence-electron chi connectivity index (χ2n) is 4.91. The standard InChI is InChI=1S/C16H23NO4/c1-4-13-6-8-14(9-7-13)21-11-15(18)17(5-2)12(3)10-16(19)20/h6-9,12H,4-5,10-11H2,1-3H3,(H,19,20). The number of carboxylic acids is 1. The van der Waals surface area contributed by atoms with Crippen molar-refractivity contribution in [1.82, 2.24) is 4.90 Å². The highest BCUT2D eigenvalue weighted by Gasteiger charge is 2.20. The Hall–Kier alpha value is -2.04. The summed E-state index contributed by atoms with van der Waals surface area (Å²) in [6.07, 6.45) is 0.889. The van der Waals surface area contributed by atoms with Gasteiger partial charge in [-0.3, -0.25) is 9.59 Å². The SMILES string of the molecule is CCc1ccc(OCC(=O)N(CC)C(C)CC(=O)O)cc1. The molecule has 1 atom stereocenters. The molecule has 1 rings (SSSR count). The number of hydrogen-bond donors (Lipinski definition) is 1. The van der Waals surface area contributed by atoms with Crippen molar-refractivity contribution in [3.63, 3.8) is 0 Å². The maximum atomic E-state index is 12.1. The van der Waals surface area contributed by atoms with Crippen LogP contribution in [0, 0.1) is 0 Å². The number of hydrogen-bond acceptors (Lipinski definition) is 3. The van der Waals surface area contributed by atoms with Crippen LogP contribution < -0.4 is 4.74 Å². The van der Waals surface area contributed by atoms with E-state index in [9.17, 15) is 9.59 Å². The molecule has 1 N–H and O–H groups in total. The lowest BCUT2D eigenvalue weighted by Crippen LogP contribution is -2.42. The lowest BCUT2D eigenvalue weighted by Gasteiger charge is -2.27. The number of ether oxygens (including phenoxy) is 1. The summed E-state index contributed by atoms with van der Waals surface area (Å²) in [5, 5.41) is 8.80. The third-order valence-electron chi connectivity index (χ3n) is 3.36. The first kappa shape index (κ1) is 17.0. The van der Waals surface area contributed by atoms with Gasteiger partial charge >= 0.3 is 5.97 Å². The fourth-order valence-corrected chi connectivity index (χ4v) is 2.15. The molecule has 0 aliphatic carbocycles. The van der Waals surface area contributed by atoms with Gasteiger partial charge in [-0.2, -0.15) is 0 Å². The van der Waals surface area contributed by atoms with Gasteiger partial charge in [0, 0.05) is 12.6 Å². The number of likely N-dealkylation sites (N-methyl/N-ethyl adjacent to an activating group) is 1. The molecule has 1 amide bonds. The fourth-order valence-electron chi connectivity index (χ4n) is 2.15. The Bertz CT molecular complexity index is 470. The van der Waals surface area contributed by atoms with Gasteiger partial charge in [-0.15, -0.1) is 0 Å². The molecule has 5 nitrogen and oxygen atoms in total. The summed E-state index contributed by atoms with van der Waals surface area (Å²) in [4.78, 5) is 24.3. The summed E-state index contributed by atoms with van der Waals surface area (Å²) in [7, 11) is 0. The maximum Gasteiger partial charge on any atom is 0.305 e. The van der Waals surface area contributed by atoms with Crippen molar-refractivity contribution in [2.45, 2.75) is 39.7 Å². The monoisotopic (exact) mass is 293 g/mol. The van der Waals surface area contributed by atoms with Crippen LogP contribution in [0.15, 0.2) is 24.3 Å². The molecule has 0 aliphatic heterocycles. The maximum absolute atomic E-state index is 12.1. The smallest absolute Gasteiger partial charge is 0.305 e. The van der Waals surface area contributed by atoms with Gasteiger partial charge in [0.05, 0.1) is 6.42 Å². The third kappa shape index (κ3) is 5.45. The molecule has 0 saturated heterocycles. The number of carboxylic acid groups (broad SMARTS) is 1. The first-order valence-corrected chi connectivity index (χ1v) is 7.20. The van der Waals surface area contributed by atoms with Crippen LogP contribution in [-0.2, 0) is 16.0 Å². The Kier molecular flexibility index (Phi) is 6.72. The largest absolute Gasteiger partial charge is 0.484 e. The topological polar surface area (TPSA) is 66.8 Å². The first-order valence-electron chi connectivity index (χ1n) is 7.20. The molecule has 0 bridgehead atoms. The molecule has 21 heavy (non-hydrogen) atoms. The van der Waals surface area contributed by atoms with Crippen molar-refractivity contribution in [2.75, 3.05) is 13.2 Å². The Labute approximate surface area is 125 Å². The second kappa shape index (κ2) is 8.29. The minimum Gasteiger partial charge on any atom is -0.484 e. The van der Waals surface area contributed by atoms with E-state index in [1.165, 1.54) is 10.5 Å². The minimum atomic E-state index is -0.912. The number of rotatable bonds is 8. The summed E-state index contributed by atoms with van der Waals surface area (Å²) in [5.74, 6) is -0.474. The molecule has 1 aromatic carbocycles. The number of carbonyl (C=O) groups excluding carboxylic acids is 1. The molecule has 5 heteroatoms. The highest BCUT2D eigenvalue weighted by Crippen LogP contribution is 2.13. The quantitative estimate of drug-likeness (QED) is 0.799. The van der Waals surface area contributed by atoms with Crippen molar-refractivity contribution >= 4 is 11.9 Å². The normalized spacial score (nSPS) is 11.8. The van der Waals surface area contributed by atoms with E-state index in [2.05, 4.69) is 6.92 Å². The van der Waals surface area contributed by atoms with Crippen molar-refractivity contribution in [1.29, 1.82) is 0 Å². The summed E-state index contributed by atoms with van der Waals surface area (Å²) in [6.45, 7) is 6.01. The van der Waals surface area contributed by atoms with E-state index in [0.717, 1.165) is 6.42 Å². The molecule has 0 aliphatic rings. The zero-order chi connectivity index (χ0) is 15.8. The van der Waals surface area contributed by atoms with E-state index in [0.29, 0.717) is 12.3 Å². The van der Waals surface area contributed by atoms with E-state index in [1.807, 2.05) is 31.2 Å². The Morgan fingerprint density at radius 3 is 2.33 bits per heavy atom. The summed E-state index contributed by atoms with van der Waals surface area (Å²) < 4.78 is 5.47. The van der Waals surface area contributed by atoms with Crippen LogP contribution in [0.5, 0.6) is 5.75 Å². The Morgan fingerprint density at radius 1 is 1.24 bits per heavy atom. The zero-order valence-electron chi connectivity index (χ0n) is 12.8. The molecule has 116 valence electrons. The second-order valence-corrected chi connectivity index (χ2v) is 4.91. The molecule has 1 unspecified atom stereocenters. The van der Waals surface area contributed by atoms with Gasteiger partial charge in [-0.25, -0.2) is 0 Å². The molecule has 0 spiro atoms. The van der Waals surface area contributed by atoms with Crippen molar-refractivity contribution in [2.24, 2.45) is 0 Å². The van der Waals surface area contributed by atoms with Gasteiger partial charge < -0.3 is 14.7 Å². The first-order chi connectivity index (χ1) is 9.97. The predicted molar refractivity (Wildman–Crippen MR) is 80.4 cm³/mol. The molecule has 0 aromatic heterocycles. The van der Waals surface area contributed by atoms with Crippen molar-refractivity contribution in [3.8, 4) is 5.75 Å². The van der Waals surface area contributed by atoms with Crippen molar-refractivity contribution < 1.29 is 19.4 Å². The number of aliphatic carboxylic acids is 1. The van der Waals surface area contributed by atoms with Gasteiger partial charge in [-0.05, 0) is 38.0 Å². The number of aryl methyl sites for hydroxylation is 1. The highest BCUT2D eigenvalue weighted by atomic mass is 16.5. The van der Waals surface area contributed by atoms with E-state index in [-0.39, 0.29) is 25.0 Å². The lowest BCUT2D eigenvalue weighted by molar-refractivity contribution is -0.141. The Morgan fingerprint density at radius 2 is 1.86 bits per heavy atom. The van der Waals surface area contributed by atoms with Gasteiger partial charge in [0.25, 0.3) is 5.91 Å². The summed E-state index contributed by atoms with van der Waals surface area (Å²) in [5.41, 5.74) is 1.21. The zero-order valence-corrected chi connectivity index (χ0v) is 12.8. The number of amides is 1. The van der Waals surface area contributed by atoms with Crippen LogP contribution in [-0.4, -0.2) is 41.1 Å². The van der Waals surface area contributed by atoms with Crippen LogP contribution in [0.3, 0.4) is 0 Å². The molecule has 0 fully saturated rings. The molecular formula is C16H23NO4. The predicted octanol–water partition coefficient (Wildman–Crippen LogP) is 2.34. The average Bonchev–Trinajstić information content (AvgIpc) is 2.45. The molecule has 0 radical (unpaired) electrons. The van der Waals surface area contributed by atoms with Crippen LogP contribution in [0.4, 0.5) is 0 Å². The number of benzene rings is 1. The molecule has 0 saturated carbocycles. The molecular weight excluding hydrogens is 270 g/mol. The van der Waals surface area contributed by atoms with Crippen LogP contribution in [0.2, 0.25) is 0 Å². The fraction of sp³-hybridized carbons (Fsp3) is 0.500. The third-order valence-corrected chi connectivity index (χ3v) is 3.36. The highest BCUT2D eigenvalue weighted by molar-refractivity contribution is 5.79. The van der Waals surface area contributed by atoms with Crippen molar-refractivity contribution in [3.05, 3.63) is 29.8 Å². The van der Waals surface area contributed by atoms with Crippen LogP contribution in [0.25, 0.3) is 0 Å². The molecule has 1 aromatic rings. The lowest BCUT2D eigenvalue weighted by atomic mass is 10.2. The summed E-state index contributed by atoms with van der Waals surface area (Å²) >= 11 is 0. The Balaban J connectivity index is 2.55. The molecule has 0 heterocycles. The van der Waals surface area contributed by atoms with E-state index < -0.39 is 5.97 Å². The van der Waals surface area contributed by atoms with Gasteiger partial charge in [0.15, 0.2) is 6.61 Å². The van der Waals surface area contributed by atoms with Crippen LogP contribution >= 0.6 is 0 Å². The van der Waals surface area contributed by atoms with E-state index in [4.69, 9.17) is 9.84 Å². The average molecular weight is 293 g/mol. The summed E-state index contributed by atoms with van der Waals surface area (Å²) in [6, 6.07) is 7.26. The minimum absolute atomic E-state index is 0.0647. The van der Waals surface area contributed by atoms with Crippen LogP contribution in [0.1, 0.15) is 32.8 Å².